The van der Waals surface area contributed by atoms with Gasteiger partial charge in [-0.15, -0.1) is 0 Å². The Labute approximate surface area is 237 Å². The minimum atomic E-state index is 0.530. The molecule has 0 amide bonds. The fraction of sp³-hybridized carbons (Fsp3) is 0.0909. The first-order chi connectivity index (χ1) is 20.0. The van der Waals surface area contributed by atoms with Crippen LogP contribution in [0.4, 0.5) is 0 Å². The molecule has 4 aromatic rings. The van der Waals surface area contributed by atoms with Crippen molar-refractivity contribution < 1.29 is 0 Å². The number of nitrogens with one attached hydrogen (secondary N) is 2. The number of allylic oxidation sites excluding steroid dienone is 5. The van der Waals surface area contributed by atoms with E-state index in [4.69, 9.17) is 29.9 Å². The molecule has 6 rings (SSSR count). The molecule has 8 heteroatoms. The normalized spacial score (nSPS) is 12.8. The molecule has 41 heavy (non-hydrogen) atoms. The smallest absolute Gasteiger partial charge is 0.164 e. The van der Waals surface area contributed by atoms with Crippen molar-refractivity contribution in [1.29, 1.82) is 0 Å². The standard InChI is InChI=1S/C33H28N8/c1-7-14-22-18(6)26-34-30(22)37-27-19(9-3)20(10-4)28(36-27)38-32-24-16-12-13-17-25(24)33(41-32)40-29-21(11-5)23(15-8-2)31(35-26)39-29/h7-17H,3-5H2,1-2,6H3,(H2,34,35,36,37,38,39,40,41)/b14-7-,15-8-. The van der Waals surface area contributed by atoms with Crippen LogP contribution in [0.3, 0.4) is 0 Å². The van der Waals surface area contributed by atoms with Crippen LogP contribution in [0, 0.1) is 0 Å². The zero-order valence-corrected chi connectivity index (χ0v) is 23.2. The molecule has 8 bridgehead atoms. The molecule has 3 aromatic heterocycles. The van der Waals surface area contributed by atoms with E-state index in [1.807, 2.05) is 69.3 Å². The average molecular weight is 537 g/mol. The third-order valence-corrected chi connectivity index (χ3v) is 7.04. The molecule has 0 fully saturated rings. The van der Waals surface area contributed by atoms with Crippen LogP contribution >= 0.6 is 0 Å². The van der Waals surface area contributed by atoms with Crippen LogP contribution in [-0.2, 0) is 0 Å². The average Bonchev–Trinajstić information content (AvgIpc) is 3.68. The Morgan fingerprint density at radius 1 is 0.561 bits per heavy atom. The number of aromatic nitrogens is 8. The fourth-order valence-electron chi connectivity index (χ4n) is 5.09. The highest BCUT2D eigenvalue weighted by Gasteiger charge is 2.22. The van der Waals surface area contributed by atoms with Crippen molar-refractivity contribution in [3.8, 4) is 22.8 Å². The van der Waals surface area contributed by atoms with E-state index in [2.05, 4.69) is 29.7 Å². The number of hydrogen-bond acceptors (Lipinski definition) is 6. The van der Waals surface area contributed by atoms with Crippen molar-refractivity contribution in [3.63, 3.8) is 0 Å². The van der Waals surface area contributed by atoms with Gasteiger partial charge in [0, 0.05) is 44.5 Å². The summed E-state index contributed by atoms with van der Waals surface area (Å²) in [6.07, 6.45) is 13.2. The van der Waals surface area contributed by atoms with E-state index in [0.29, 0.717) is 45.9 Å². The molecule has 0 aliphatic carbocycles. The summed E-state index contributed by atoms with van der Waals surface area (Å²) in [7, 11) is 0. The lowest BCUT2D eigenvalue weighted by Gasteiger charge is -1.97. The molecule has 2 aliphatic heterocycles. The van der Waals surface area contributed by atoms with Crippen molar-refractivity contribution in [2.45, 2.75) is 20.8 Å². The van der Waals surface area contributed by atoms with Gasteiger partial charge in [0.05, 0.1) is 0 Å². The van der Waals surface area contributed by atoms with Crippen molar-refractivity contribution in [3.05, 3.63) is 96.1 Å². The largest absolute Gasteiger partial charge is 0.324 e. The fourth-order valence-corrected chi connectivity index (χ4v) is 5.09. The molecule has 0 atom stereocenters. The first-order valence-electron chi connectivity index (χ1n) is 13.3. The maximum atomic E-state index is 4.97. The second-order valence-electron chi connectivity index (χ2n) is 9.46. The third-order valence-electron chi connectivity index (χ3n) is 7.04. The van der Waals surface area contributed by atoms with Crippen LogP contribution in [-0.4, -0.2) is 39.9 Å². The summed E-state index contributed by atoms with van der Waals surface area (Å²) in [6, 6.07) is 7.90. The predicted molar refractivity (Wildman–Crippen MR) is 169 cm³/mol. The van der Waals surface area contributed by atoms with Gasteiger partial charge in [0.2, 0.25) is 0 Å². The predicted octanol–water partition coefficient (Wildman–Crippen LogP) is 7.70. The highest BCUT2D eigenvalue weighted by molar-refractivity contribution is 5.95. The summed E-state index contributed by atoms with van der Waals surface area (Å²) >= 11 is 0. The Kier molecular flexibility index (Phi) is 6.43. The zero-order valence-electron chi connectivity index (χ0n) is 23.2. The van der Waals surface area contributed by atoms with Crippen molar-refractivity contribution in [2.24, 2.45) is 0 Å². The summed E-state index contributed by atoms with van der Waals surface area (Å²) in [4.78, 5) is 36.3. The van der Waals surface area contributed by atoms with Gasteiger partial charge in [-0.1, -0.05) is 86.5 Å². The molecule has 0 spiro atoms. The first kappa shape index (κ1) is 25.8. The third kappa shape index (κ3) is 4.17. The van der Waals surface area contributed by atoms with Gasteiger partial charge in [0.15, 0.2) is 23.3 Å². The van der Waals surface area contributed by atoms with E-state index in [-0.39, 0.29) is 0 Å². The highest BCUT2D eigenvalue weighted by atomic mass is 15.1. The minimum absolute atomic E-state index is 0.530. The summed E-state index contributed by atoms with van der Waals surface area (Å²) in [5.41, 5.74) is 9.10. The Bertz CT molecular complexity index is 2030. The highest BCUT2D eigenvalue weighted by Crippen LogP contribution is 2.35. The van der Waals surface area contributed by atoms with Gasteiger partial charge in [-0.05, 0) is 20.8 Å². The molecular weight excluding hydrogens is 508 g/mol. The Morgan fingerprint density at radius 2 is 1.00 bits per heavy atom. The van der Waals surface area contributed by atoms with Crippen LogP contribution in [0.25, 0.3) is 80.8 Å². The summed E-state index contributed by atoms with van der Waals surface area (Å²) in [5.74, 6) is 2.15. The molecule has 0 saturated carbocycles. The van der Waals surface area contributed by atoms with Gasteiger partial charge in [0.25, 0.3) is 0 Å². The summed E-state index contributed by atoms with van der Waals surface area (Å²) in [5, 5.41) is 0. The maximum absolute atomic E-state index is 4.97. The van der Waals surface area contributed by atoms with Crippen LogP contribution in [0.5, 0.6) is 0 Å². The molecule has 0 radical (unpaired) electrons. The van der Waals surface area contributed by atoms with Crippen LogP contribution < -0.4 is 0 Å². The number of fused-ring (bicyclic) bond motifs is 11. The number of nitrogens with zero attached hydrogens (tertiary/aromatic N) is 6. The van der Waals surface area contributed by atoms with Gasteiger partial charge in [0.1, 0.15) is 22.6 Å². The molecule has 8 nitrogen and oxygen atoms in total. The maximum Gasteiger partial charge on any atom is 0.164 e. The molecule has 1 aromatic carbocycles. The summed E-state index contributed by atoms with van der Waals surface area (Å²) in [6.45, 7) is 18.0. The van der Waals surface area contributed by atoms with Gasteiger partial charge >= 0.3 is 0 Å². The van der Waals surface area contributed by atoms with E-state index in [1.165, 1.54) is 0 Å². The van der Waals surface area contributed by atoms with Crippen LogP contribution in [0.1, 0.15) is 54.7 Å². The van der Waals surface area contributed by atoms with Crippen molar-refractivity contribution in [1.82, 2.24) is 39.9 Å². The molecule has 0 saturated heterocycles. The van der Waals surface area contributed by atoms with Crippen LogP contribution in [0.15, 0.2) is 62.2 Å². The van der Waals surface area contributed by atoms with E-state index < -0.39 is 0 Å². The van der Waals surface area contributed by atoms with E-state index in [1.54, 1.807) is 18.2 Å². The van der Waals surface area contributed by atoms with Crippen molar-refractivity contribution in [2.75, 3.05) is 0 Å². The first-order valence-corrected chi connectivity index (χ1v) is 13.3. The molecule has 2 N–H and O–H groups in total. The Balaban J connectivity index is 1.86. The Hall–Kier alpha value is -5.50. The molecule has 2 aliphatic rings. The van der Waals surface area contributed by atoms with E-state index >= 15 is 0 Å². The topological polar surface area (TPSA) is 109 Å². The molecule has 0 unspecified atom stereocenters. The minimum Gasteiger partial charge on any atom is -0.324 e. The lowest BCUT2D eigenvalue weighted by molar-refractivity contribution is 1.11. The molecule has 200 valence electrons. The number of benzene rings is 1. The lowest BCUT2D eigenvalue weighted by atomic mass is 10.1. The molecule has 5 heterocycles. The quantitative estimate of drug-likeness (QED) is 0.238. The summed E-state index contributed by atoms with van der Waals surface area (Å²) < 4.78 is 0. The number of hydrogen-bond donors (Lipinski definition) is 2. The van der Waals surface area contributed by atoms with Crippen molar-refractivity contribution >= 4 is 58.0 Å². The monoisotopic (exact) mass is 536 g/mol. The van der Waals surface area contributed by atoms with Gasteiger partial charge < -0.3 is 9.97 Å². The number of aromatic amines is 2. The van der Waals surface area contributed by atoms with Crippen LogP contribution in [0.2, 0.25) is 0 Å². The van der Waals surface area contributed by atoms with Gasteiger partial charge in [-0.25, -0.2) is 29.9 Å². The van der Waals surface area contributed by atoms with E-state index in [0.717, 1.165) is 44.5 Å². The van der Waals surface area contributed by atoms with Gasteiger partial charge in [-0.2, -0.15) is 0 Å². The molecular formula is C33H28N8. The number of rotatable bonds is 5. The zero-order chi connectivity index (χ0) is 28.7. The Morgan fingerprint density at radius 3 is 1.51 bits per heavy atom. The van der Waals surface area contributed by atoms with E-state index in [9.17, 15) is 0 Å². The second kappa shape index (κ2) is 10.2. The second-order valence-corrected chi connectivity index (χ2v) is 9.46. The lowest BCUT2D eigenvalue weighted by Crippen LogP contribution is -1.87. The van der Waals surface area contributed by atoms with Gasteiger partial charge in [-0.3, -0.25) is 0 Å². The number of H-pyrrole nitrogens is 2. The SMILES string of the molecule is C=Cc1c(C=C)c2nc3nc(nc4[nH]c(nc5nc(nc1[nH]2)C(/C=C\C)=C5C)c(/C=C\C)c4C=C)-c1ccccc1-3.